The summed E-state index contributed by atoms with van der Waals surface area (Å²) in [6.07, 6.45) is -1.99. The molecule has 1 amide bonds. The third-order valence-electron chi connectivity index (χ3n) is 4.95. The number of halogens is 3. The zero-order valence-electron chi connectivity index (χ0n) is 14.7. The molecule has 0 saturated heterocycles. The summed E-state index contributed by atoms with van der Waals surface area (Å²) in [5.74, 6) is -0.399. The summed E-state index contributed by atoms with van der Waals surface area (Å²) in [5.41, 5.74) is 2.55. The maximum absolute atomic E-state index is 13.2. The number of pyridine rings is 1. The lowest BCUT2D eigenvalue weighted by Gasteiger charge is -2.15. The SMILES string of the molecule is Cc1ccc(NC(=O)c2c3c(nc4ccccc24)CCC3)cc1C(F)(F)F. The topological polar surface area (TPSA) is 42.0 Å². The summed E-state index contributed by atoms with van der Waals surface area (Å²) in [4.78, 5) is 17.6. The van der Waals surface area contributed by atoms with Crippen molar-refractivity contribution in [3.63, 3.8) is 0 Å². The van der Waals surface area contributed by atoms with Crippen molar-refractivity contribution in [3.05, 3.63) is 70.4 Å². The number of nitrogens with zero attached hydrogens (tertiary/aromatic N) is 1. The summed E-state index contributed by atoms with van der Waals surface area (Å²) in [7, 11) is 0. The van der Waals surface area contributed by atoms with Crippen molar-refractivity contribution in [2.45, 2.75) is 32.4 Å². The second-order valence-corrected chi connectivity index (χ2v) is 6.76. The van der Waals surface area contributed by atoms with Crippen LogP contribution in [0.25, 0.3) is 10.9 Å². The van der Waals surface area contributed by atoms with Gasteiger partial charge in [-0.05, 0) is 55.5 Å². The predicted octanol–water partition coefficient (Wildman–Crippen LogP) is 5.30. The number of alkyl halides is 3. The third-order valence-corrected chi connectivity index (χ3v) is 4.95. The van der Waals surface area contributed by atoms with Crippen LogP contribution >= 0.6 is 0 Å². The van der Waals surface area contributed by atoms with Crippen molar-refractivity contribution < 1.29 is 18.0 Å². The Morgan fingerprint density at radius 2 is 1.89 bits per heavy atom. The van der Waals surface area contributed by atoms with Crippen molar-refractivity contribution >= 4 is 22.5 Å². The van der Waals surface area contributed by atoms with E-state index in [0.29, 0.717) is 5.56 Å². The number of hydrogen-bond donors (Lipinski definition) is 1. The normalized spacial score (nSPS) is 13.6. The number of anilines is 1. The monoisotopic (exact) mass is 370 g/mol. The first-order valence-corrected chi connectivity index (χ1v) is 8.74. The largest absolute Gasteiger partial charge is 0.416 e. The van der Waals surface area contributed by atoms with Crippen LogP contribution in [0.3, 0.4) is 0 Å². The van der Waals surface area contributed by atoms with Gasteiger partial charge in [-0.3, -0.25) is 9.78 Å². The zero-order valence-corrected chi connectivity index (χ0v) is 14.7. The molecule has 1 N–H and O–H groups in total. The van der Waals surface area contributed by atoms with Gasteiger partial charge in [-0.15, -0.1) is 0 Å². The van der Waals surface area contributed by atoms with Crippen LogP contribution in [-0.4, -0.2) is 10.9 Å². The van der Waals surface area contributed by atoms with E-state index < -0.39 is 17.6 Å². The molecule has 1 aromatic heterocycles. The van der Waals surface area contributed by atoms with Crippen molar-refractivity contribution in [1.29, 1.82) is 0 Å². The van der Waals surface area contributed by atoms with Gasteiger partial charge in [0.15, 0.2) is 0 Å². The van der Waals surface area contributed by atoms with Gasteiger partial charge >= 0.3 is 6.18 Å². The molecule has 4 rings (SSSR count). The van der Waals surface area contributed by atoms with Crippen LogP contribution in [0.4, 0.5) is 18.9 Å². The van der Waals surface area contributed by atoms with E-state index in [1.165, 1.54) is 19.1 Å². The third kappa shape index (κ3) is 3.16. The van der Waals surface area contributed by atoms with Crippen LogP contribution in [0.2, 0.25) is 0 Å². The summed E-state index contributed by atoms with van der Waals surface area (Å²) in [6.45, 7) is 1.40. The van der Waals surface area contributed by atoms with Gasteiger partial charge in [0.1, 0.15) is 0 Å². The molecule has 1 aliphatic rings. The second kappa shape index (κ2) is 6.37. The molecule has 0 spiro atoms. The first-order valence-electron chi connectivity index (χ1n) is 8.74. The van der Waals surface area contributed by atoms with Gasteiger partial charge in [0, 0.05) is 16.8 Å². The quantitative estimate of drug-likeness (QED) is 0.665. The summed E-state index contributed by atoms with van der Waals surface area (Å²) in [6, 6.07) is 11.2. The van der Waals surface area contributed by atoms with Gasteiger partial charge in [-0.1, -0.05) is 24.3 Å². The van der Waals surface area contributed by atoms with Crippen LogP contribution in [-0.2, 0) is 19.0 Å². The fraction of sp³-hybridized carbons (Fsp3) is 0.238. The summed E-state index contributed by atoms with van der Waals surface area (Å²) < 4.78 is 39.5. The van der Waals surface area contributed by atoms with E-state index in [9.17, 15) is 18.0 Å². The van der Waals surface area contributed by atoms with Gasteiger partial charge in [0.25, 0.3) is 5.91 Å². The Hall–Kier alpha value is -2.89. The lowest BCUT2D eigenvalue weighted by atomic mass is 10.00. The van der Waals surface area contributed by atoms with E-state index in [2.05, 4.69) is 10.3 Å². The highest BCUT2D eigenvalue weighted by atomic mass is 19.4. The number of benzene rings is 2. The van der Waals surface area contributed by atoms with E-state index >= 15 is 0 Å². The first-order chi connectivity index (χ1) is 12.8. The highest BCUT2D eigenvalue weighted by Gasteiger charge is 2.32. The predicted molar refractivity (Wildman–Crippen MR) is 97.9 cm³/mol. The molecule has 27 heavy (non-hydrogen) atoms. The Kier molecular flexibility index (Phi) is 4.13. The fourth-order valence-electron chi connectivity index (χ4n) is 3.67. The first kappa shape index (κ1) is 17.5. The van der Waals surface area contributed by atoms with E-state index in [1.54, 1.807) is 0 Å². The number of fused-ring (bicyclic) bond motifs is 2. The van der Waals surface area contributed by atoms with Crippen molar-refractivity contribution in [2.75, 3.05) is 5.32 Å². The Bertz CT molecular complexity index is 1060. The van der Waals surface area contributed by atoms with Gasteiger partial charge in [0.05, 0.1) is 16.6 Å². The molecule has 1 aliphatic carbocycles. The number of para-hydroxylation sites is 1. The molecule has 138 valence electrons. The van der Waals surface area contributed by atoms with Gasteiger partial charge < -0.3 is 5.32 Å². The number of hydrogen-bond acceptors (Lipinski definition) is 2. The smallest absolute Gasteiger partial charge is 0.322 e. The van der Waals surface area contributed by atoms with E-state index in [4.69, 9.17) is 0 Å². The van der Waals surface area contributed by atoms with Crippen LogP contribution in [0, 0.1) is 6.92 Å². The Morgan fingerprint density at radius 1 is 1.11 bits per heavy atom. The van der Waals surface area contributed by atoms with E-state index in [0.717, 1.165) is 47.5 Å². The number of aromatic nitrogens is 1. The lowest BCUT2D eigenvalue weighted by Crippen LogP contribution is -2.17. The zero-order chi connectivity index (χ0) is 19.2. The summed E-state index contributed by atoms with van der Waals surface area (Å²) >= 11 is 0. The molecule has 0 aliphatic heterocycles. The molecular weight excluding hydrogens is 353 g/mol. The van der Waals surface area contributed by atoms with Crippen LogP contribution in [0.15, 0.2) is 42.5 Å². The van der Waals surface area contributed by atoms with Crippen LogP contribution in [0.1, 0.15) is 39.2 Å². The molecule has 0 unspecified atom stereocenters. The Balaban J connectivity index is 1.77. The molecule has 0 atom stereocenters. The molecule has 0 fully saturated rings. The number of rotatable bonds is 2. The van der Waals surface area contributed by atoms with E-state index in [1.807, 2.05) is 24.3 Å². The molecule has 0 bridgehead atoms. The standard InChI is InChI=1S/C21H17F3N2O/c1-12-9-10-13(11-16(12)21(22,23)24)25-20(27)19-14-5-2-3-7-17(14)26-18-8-4-6-15(18)19/h2-3,5,7,9-11H,4,6,8H2,1H3,(H,25,27). The average molecular weight is 370 g/mol. The summed E-state index contributed by atoms with van der Waals surface area (Å²) in [5, 5.41) is 3.37. The molecule has 3 aromatic rings. The maximum atomic E-state index is 13.2. The lowest BCUT2D eigenvalue weighted by molar-refractivity contribution is -0.138. The number of amides is 1. The average Bonchev–Trinajstić information content (AvgIpc) is 3.08. The maximum Gasteiger partial charge on any atom is 0.416 e. The molecule has 6 heteroatoms. The number of carbonyl (C=O) groups excluding carboxylic acids is 1. The van der Waals surface area contributed by atoms with Crippen molar-refractivity contribution in [3.8, 4) is 0 Å². The highest BCUT2D eigenvalue weighted by molar-refractivity contribution is 6.13. The number of carbonyl (C=O) groups is 1. The molecular formula is C21H17F3N2O. The van der Waals surface area contributed by atoms with Gasteiger partial charge in [-0.25, -0.2) is 0 Å². The van der Waals surface area contributed by atoms with Gasteiger partial charge in [-0.2, -0.15) is 13.2 Å². The molecule has 0 saturated carbocycles. The molecule has 2 aromatic carbocycles. The fourth-order valence-corrected chi connectivity index (χ4v) is 3.67. The van der Waals surface area contributed by atoms with Crippen LogP contribution in [0.5, 0.6) is 0 Å². The van der Waals surface area contributed by atoms with Crippen molar-refractivity contribution in [2.24, 2.45) is 0 Å². The van der Waals surface area contributed by atoms with Gasteiger partial charge in [0.2, 0.25) is 0 Å². The minimum absolute atomic E-state index is 0.121. The number of aryl methyl sites for hydroxylation is 2. The second-order valence-electron chi connectivity index (χ2n) is 6.76. The van der Waals surface area contributed by atoms with Crippen LogP contribution < -0.4 is 5.32 Å². The Labute approximate surface area is 154 Å². The molecule has 0 radical (unpaired) electrons. The highest BCUT2D eigenvalue weighted by Crippen LogP contribution is 2.34. The van der Waals surface area contributed by atoms with Crippen molar-refractivity contribution in [1.82, 2.24) is 4.98 Å². The minimum atomic E-state index is -4.46. The minimum Gasteiger partial charge on any atom is -0.322 e. The van der Waals surface area contributed by atoms with E-state index in [-0.39, 0.29) is 11.3 Å². The number of nitrogens with one attached hydrogen (secondary N) is 1. The molecule has 3 nitrogen and oxygen atoms in total. The molecule has 1 heterocycles. The Morgan fingerprint density at radius 3 is 2.67 bits per heavy atom.